The highest BCUT2D eigenvalue weighted by Gasteiger charge is 2.23. The van der Waals surface area contributed by atoms with Gasteiger partial charge in [0.15, 0.2) is 0 Å². The lowest BCUT2D eigenvalue weighted by Crippen LogP contribution is -2.47. The summed E-state index contributed by atoms with van der Waals surface area (Å²) < 4.78 is 5.48. The number of fused-ring (bicyclic) bond motifs is 1. The van der Waals surface area contributed by atoms with E-state index in [2.05, 4.69) is 29.7 Å². The first-order chi connectivity index (χ1) is 10.3. The van der Waals surface area contributed by atoms with Gasteiger partial charge in [0.1, 0.15) is 0 Å². The van der Waals surface area contributed by atoms with Gasteiger partial charge in [-0.2, -0.15) is 0 Å². The van der Waals surface area contributed by atoms with E-state index in [4.69, 9.17) is 4.74 Å². The van der Waals surface area contributed by atoms with E-state index in [0.29, 0.717) is 6.54 Å². The second kappa shape index (κ2) is 8.80. The van der Waals surface area contributed by atoms with Gasteiger partial charge in [0, 0.05) is 26.3 Å². The Labute approximate surface area is 127 Å². The largest absolute Gasteiger partial charge is 0.381 e. The maximum absolute atomic E-state index is 12.1. The third-order valence-electron chi connectivity index (χ3n) is 3.80. The van der Waals surface area contributed by atoms with Crippen LogP contribution >= 0.6 is 0 Å². The first-order valence-corrected chi connectivity index (χ1v) is 7.97. The lowest BCUT2D eigenvalue weighted by Gasteiger charge is -2.25. The van der Waals surface area contributed by atoms with Gasteiger partial charge in [-0.25, -0.2) is 0 Å². The number of nitrogens with one attached hydrogen (secondary N) is 2. The molecule has 0 radical (unpaired) electrons. The van der Waals surface area contributed by atoms with Crippen molar-refractivity contribution in [2.45, 2.75) is 45.2 Å². The highest BCUT2D eigenvalue weighted by molar-refractivity contribution is 5.82. The predicted molar refractivity (Wildman–Crippen MR) is 84.1 cm³/mol. The van der Waals surface area contributed by atoms with Gasteiger partial charge < -0.3 is 15.4 Å². The van der Waals surface area contributed by atoms with Crippen molar-refractivity contribution >= 4 is 5.91 Å². The minimum atomic E-state index is -0.110. The fourth-order valence-corrected chi connectivity index (χ4v) is 2.50. The number of amides is 1. The number of rotatable bonds is 8. The summed E-state index contributed by atoms with van der Waals surface area (Å²) in [6.07, 6.45) is 3.91. The quantitative estimate of drug-likeness (QED) is 0.720. The Hall–Kier alpha value is -1.39. The van der Waals surface area contributed by atoms with E-state index in [9.17, 15) is 4.79 Å². The molecular weight excluding hydrogens is 264 g/mol. The third kappa shape index (κ3) is 5.14. The van der Waals surface area contributed by atoms with Gasteiger partial charge in [-0.05, 0) is 30.4 Å². The highest BCUT2D eigenvalue weighted by atomic mass is 16.5. The van der Waals surface area contributed by atoms with E-state index in [1.54, 1.807) is 0 Å². The molecule has 2 N–H and O–H groups in total. The number of carbonyl (C=O) groups excluding carboxylic acids is 1. The molecule has 0 bridgehead atoms. The van der Waals surface area contributed by atoms with Crippen molar-refractivity contribution in [2.75, 3.05) is 19.8 Å². The lowest BCUT2D eigenvalue weighted by atomic mass is 9.95. The maximum Gasteiger partial charge on any atom is 0.237 e. The van der Waals surface area contributed by atoms with Crippen LogP contribution in [-0.4, -0.2) is 31.7 Å². The Morgan fingerprint density at radius 2 is 2.05 bits per heavy atom. The van der Waals surface area contributed by atoms with Crippen LogP contribution in [0.1, 0.15) is 37.3 Å². The molecule has 0 fully saturated rings. The molecule has 0 aromatic heterocycles. The summed E-state index contributed by atoms with van der Waals surface area (Å²) in [4.78, 5) is 12.1. The summed E-state index contributed by atoms with van der Waals surface area (Å²) >= 11 is 0. The van der Waals surface area contributed by atoms with Crippen LogP contribution in [0, 0.1) is 0 Å². The summed E-state index contributed by atoms with van der Waals surface area (Å²) in [5.74, 6) is 0.0954. The molecule has 0 saturated carbocycles. The van der Waals surface area contributed by atoms with Crippen LogP contribution in [0.4, 0.5) is 0 Å². The Kier molecular flexibility index (Phi) is 6.70. The summed E-state index contributed by atoms with van der Waals surface area (Å²) in [5.41, 5.74) is 2.57. The Morgan fingerprint density at radius 3 is 2.86 bits per heavy atom. The van der Waals surface area contributed by atoms with Crippen molar-refractivity contribution in [3.05, 3.63) is 35.4 Å². The van der Waals surface area contributed by atoms with Crippen molar-refractivity contribution in [3.8, 4) is 0 Å². The molecule has 1 aromatic carbocycles. The van der Waals surface area contributed by atoms with Crippen LogP contribution in [0.3, 0.4) is 0 Å². The summed E-state index contributed by atoms with van der Waals surface area (Å²) in [7, 11) is 0. The molecule has 4 nitrogen and oxygen atoms in total. The molecule has 21 heavy (non-hydrogen) atoms. The van der Waals surface area contributed by atoms with Gasteiger partial charge in [-0.1, -0.05) is 37.6 Å². The Bertz CT molecular complexity index is 448. The Morgan fingerprint density at radius 1 is 1.29 bits per heavy atom. The van der Waals surface area contributed by atoms with Crippen LogP contribution in [0.25, 0.3) is 0 Å². The molecule has 0 aliphatic carbocycles. The lowest BCUT2D eigenvalue weighted by molar-refractivity contribution is -0.123. The van der Waals surface area contributed by atoms with Gasteiger partial charge in [0.2, 0.25) is 5.91 Å². The topological polar surface area (TPSA) is 50.4 Å². The van der Waals surface area contributed by atoms with Crippen LogP contribution in [0.15, 0.2) is 24.3 Å². The highest BCUT2D eigenvalue weighted by Crippen LogP contribution is 2.16. The molecule has 1 aliphatic rings. The smallest absolute Gasteiger partial charge is 0.237 e. The molecule has 116 valence electrons. The zero-order valence-electron chi connectivity index (χ0n) is 12.9. The van der Waals surface area contributed by atoms with Crippen molar-refractivity contribution in [1.29, 1.82) is 0 Å². The SMILES string of the molecule is CCCCOCCCNC(=O)[C@@H]1Cc2ccccc2CN1. The number of carbonyl (C=O) groups is 1. The van der Waals surface area contributed by atoms with Gasteiger partial charge in [-0.15, -0.1) is 0 Å². The third-order valence-corrected chi connectivity index (χ3v) is 3.80. The number of hydrogen-bond donors (Lipinski definition) is 2. The molecule has 1 aromatic rings. The molecule has 2 rings (SSSR count). The average molecular weight is 290 g/mol. The molecule has 0 spiro atoms. The first kappa shape index (κ1) is 16.0. The Balaban J connectivity index is 1.64. The van der Waals surface area contributed by atoms with E-state index < -0.39 is 0 Å². The van der Waals surface area contributed by atoms with Crippen molar-refractivity contribution in [2.24, 2.45) is 0 Å². The van der Waals surface area contributed by atoms with E-state index in [-0.39, 0.29) is 11.9 Å². The average Bonchev–Trinajstić information content (AvgIpc) is 2.53. The zero-order chi connectivity index (χ0) is 14.9. The van der Waals surface area contributed by atoms with E-state index in [0.717, 1.165) is 45.4 Å². The molecule has 1 atom stereocenters. The van der Waals surface area contributed by atoms with Gasteiger partial charge >= 0.3 is 0 Å². The van der Waals surface area contributed by atoms with E-state index >= 15 is 0 Å². The number of unbranched alkanes of at least 4 members (excludes halogenated alkanes) is 1. The standard InChI is InChI=1S/C17H26N2O2/c1-2-3-10-21-11-6-9-18-17(20)16-12-14-7-4-5-8-15(14)13-19-16/h4-5,7-8,16,19H,2-3,6,9-13H2,1H3,(H,18,20)/t16-/m0/s1. The van der Waals surface area contributed by atoms with Crippen LogP contribution in [0.2, 0.25) is 0 Å². The fraction of sp³-hybridized carbons (Fsp3) is 0.588. The molecule has 0 unspecified atom stereocenters. The summed E-state index contributed by atoms with van der Waals surface area (Å²) in [5, 5.41) is 6.29. The van der Waals surface area contributed by atoms with Gasteiger partial charge in [0.25, 0.3) is 0 Å². The van der Waals surface area contributed by atoms with Crippen molar-refractivity contribution < 1.29 is 9.53 Å². The second-order valence-corrected chi connectivity index (χ2v) is 5.52. The fourth-order valence-electron chi connectivity index (χ4n) is 2.50. The molecule has 0 saturated heterocycles. The normalized spacial score (nSPS) is 17.3. The number of benzene rings is 1. The van der Waals surface area contributed by atoms with E-state index in [1.165, 1.54) is 11.1 Å². The number of ether oxygens (including phenoxy) is 1. The predicted octanol–water partition coefficient (Wildman–Crippen LogP) is 2.02. The molecule has 4 heteroatoms. The van der Waals surface area contributed by atoms with E-state index in [1.807, 2.05) is 12.1 Å². The number of hydrogen-bond acceptors (Lipinski definition) is 3. The summed E-state index contributed by atoms with van der Waals surface area (Å²) in [6.45, 7) is 5.16. The zero-order valence-corrected chi connectivity index (χ0v) is 12.9. The van der Waals surface area contributed by atoms with Crippen LogP contribution < -0.4 is 10.6 Å². The van der Waals surface area contributed by atoms with Gasteiger partial charge in [0.05, 0.1) is 6.04 Å². The molecule has 1 aliphatic heterocycles. The molecule has 1 heterocycles. The maximum atomic E-state index is 12.1. The molecule has 1 amide bonds. The van der Waals surface area contributed by atoms with Crippen molar-refractivity contribution in [1.82, 2.24) is 10.6 Å². The van der Waals surface area contributed by atoms with Crippen LogP contribution in [-0.2, 0) is 22.5 Å². The minimum absolute atomic E-state index is 0.0954. The minimum Gasteiger partial charge on any atom is -0.381 e. The monoisotopic (exact) mass is 290 g/mol. The summed E-state index contributed by atoms with van der Waals surface area (Å²) in [6, 6.07) is 8.19. The molecular formula is C17H26N2O2. The van der Waals surface area contributed by atoms with Crippen molar-refractivity contribution in [3.63, 3.8) is 0 Å². The second-order valence-electron chi connectivity index (χ2n) is 5.52. The van der Waals surface area contributed by atoms with Crippen LogP contribution in [0.5, 0.6) is 0 Å². The first-order valence-electron chi connectivity index (χ1n) is 7.97. The van der Waals surface area contributed by atoms with Gasteiger partial charge in [-0.3, -0.25) is 4.79 Å².